The number of ether oxygens (including phenoxy) is 1. The number of rotatable bonds is 8. The van der Waals surface area contributed by atoms with E-state index in [0.717, 1.165) is 62.6 Å². The molecule has 0 atom stereocenters. The topological polar surface area (TPSA) is 87.7 Å². The van der Waals surface area contributed by atoms with Crippen LogP contribution in [0, 0.1) is 5.92 Å². The molecule has 1 aromatic carbocycles. The third-order valence-corrected chi connectivity index (χ3v) is 7.05. The lowest BCUT2D eigenvalue weighted by Crippen LogP contribution is -2.41. The first-order valence-electron chi connectivity index (χ1n) is 11.5. The van der Waals surface area contributed by atoms with Crippen LogP contribution in [0.2, 0.25) is 0 Å². The fourth-order valence-electron chi connectivity index (χ4n) is 4.18. The summed E-state index contributed by atoms with van der Waals surface area (Å²) in [7, 11) is 0. The van der Waals surface area contributed by atoms with Crippen LogP contribution in [0.15, 0.2) is 24.3 Å². The van der Waals surface area contributed by atoms with Gasteiger partial charge in [-0.3, -0.25) is 14.5 Å². The molecule has 0 spiro atoms. The van der Waals surface area contributed by atoms with Gasteiger partial charge in [0, 0.05) is 38.5 Å². The molecule has 0 aliphatic carbocycles. The number of carbonyl (C=O) groups excluding carboxylic acids is 2. The minimum atomic E-state index is 0.0302. The van der Waals surface area contributed by atoms with Gasteiger partial charge in [0.1, 0.15) is 5.75 Å². The number of benzene rings is 1. The quantitative estimate of drug-likeness (QED) is 0.656. The van der Waals surface area contributed by atoms with E-state index in [9.17, 15) is 9.59 Å². The monoisotopic (exact) mass is 457 g/mol. The van der Waals surface area contributed by atoms with Crippen molar-refractivity contribution in [2.75, 3.05) is 42.6 Å². The Balaban J connectivity index is 1.20. The second-order valence-electron chi connectivity index (χ2n) is 8.25. The largest absolute Gasteiger partial charge is 0.494 e. The Morgan fingerprint density at radius 2 is 1.88 bits per heavy atom. The van der Waals surface area contributed by atoms with Gasteiger partial charge in [0.05, 0.1) is 6.61 Å². The van der Waals surface area contributed by atoms with Gasteiger partial charge in [-0.05, 0) is 56.7 Å². The smallest absolute Gasteiger partial charge is 0.228 e. The van der Waals surface area contributed by atoms with Crippen molar-refractivity contribution < 1.29 is 14.3 Å². The average molecular weight is 458 g/mol. The molecule has 1 aromatic heterocycles. The highest BCUT2D eigenvalue weighted by molar-refractivity contribution is 7.19. The number of nitrogens with zero attached hydrogens (tertiary/aromatic N) is 4. The summed E-state index contributed by atoms with van der Waals surface area (Å²) < 4.78 is 5.46. The summed E-state index contributed by atoms with van der Waals surface area (Å²) in [6.07, 6.45) is 4.96. The Bertz CT molecular complexity index is 909. The molecular weight excluding hydrogens is 426 g/mol. The van der Waals surface area contributed by atoms with E-state index in [4.69, 9.17) is 4.74 Å². The van der Waals surface area contributed by atoms with Crippen LogP contribution in [0.5, 0.6) is 5.75 Å². The highest BCUT2D eigenvalue weighted by atomic mass is 32.1. The molecule has 0 saturated carbocycles. The Morgan fingerprint density at radius 1 is 1.12 bits per heavy atom. The number of piperidine rings is 2. The zero-order valence-corrected chi connectivity index (χ0v) is 19.4. The van der Waals surface area contributed by atoms with E-state index in [1.807, 2.05) is 31.2 Å². The van der Waals surface area contributed by atoms with Crippen molar-refractivity contribution in [2.24, 2.45) is 5.92 Å². The lowest BCUT2D eigenvalue weighted by Gasteiger charge is -2.30. The van der Waals surface area contributed by atoms with Gasteiger partial charge in [0.25, 0.3) is 0 Å². The Labute approximate surface area is 193 Å². The van der Waals surface area contributed by atoms with Crippen LogP contribution in [0.1, 0.15) is 44.6 Å². The first kappa shape index (κ1) is 22.5. The summed E-state index contributed by atoms with van der Waals surface area (Å²) in [5.74, 6) is 1.17. The van der Waals surface area contributed by atoms with Gasteiger partial charge in [-0.25, -0.2) is 0 Å². The molecule has 9 heteroatoms. The normalized spacial score (nSPS) is 17.5. The molecule has 4 rings (SSSR count). The van der Waals surface area contributed by atoms with Crippen molar-refractivity contribution in [3.63, 3.8) is 0 Å². The first-order chi connectivity index (χ1) is 15.6. The summed E-state index contributed by atoms with van der Waals surface area (Å²) in [6.45, 7) is 5.55. The fraction of sp³-hybridized carbons (Fsp3) is 0.565. The summed E-state index contributed by atoms with van der Waals surface area (Å²) in [5, 5.41) is 13.2. The molecule has 2 saturated heterocycles. The van der Waals surface area contributed by atoms with Crippen molar-refractivity contribution in [1.82, 2.24) is 15.5 Å². The molecule has 2 fully saturated rings. The van der Waals surface area contributed by atoms with Gasteiger partial charge in [-0.2, -0.15) is 0 Å². The van der Waals surface area contributed by atoms with Gasteiger partial charge in [0.2, 0.25) is 22.1 Å². The second-order valence-corrected chi connectivity index (χ2v) is 9.18. The van der Waals surface area contributed by atoms with Crippen LogP contribution in [0.4, 0.5) is 10.3 Å². The molecule has 2 aromatic rings. The van der Waals surface area contributed by atoms with E-state index in [1.165, 1.54) is 16.9 Å². The predicted molar refractivity (Wildman–Crippen MR) is 125 cm³/mol. The summed E-state index contributed by atoms with van der Waals surface area (Å²) in [4.78, 5) is 28.7. The van der Waals surface area contributed by atoms with Gasteiger partial charge >= 0.3 is 0 Å². The zero-order valence-electron chi connectivity index (χ0n) is 18.6. The second kappa shape index (κ2) is 10.8. The number of aromatic nitrogens is 2. The summed E-state index contributed by atoms with van der Waals surface area (Å²) in [5.41, 5.74) is 1.18. The SMILES string of the molecule is CCOc1ccc(CCNC(=O)C2CCN(c3nnc(N4CCCCC4=O)s3)CC2)cc1. The van der Waals surface area contributed by atoms with E-state index in [-0.39, 0.29) is 17.7 Å². The van der Waals surface area contributed by atoms with Crippen molar-refractivity contribution in [2.45, 2.75) is 45.4 Å². The maximum Gasteiger partial charge on any atom is 0.228 e. The number of carbonyl (C=O) groups is 2. The molecule has 0 unspecified atom stereocenters. The molecule has 32 heavy (non-hydrogen) atoms. The number of anilines is 2. The number of nitrogens with one attached hydrogen (secondary N) is 1. The molecule has 1 N–H and O–H groups in total. The molecule has 2 aliphatic rings. The van der Waals surface area contributed by atoms with E-state index < -0.39 is 0 Å². The van der Waals surface area contributed by atoms with Crippen LogP contribution in [-0.2, 0) is 16.0 Å². The standard InChI is InChI=1S/C23H31N5O3S/c1-2-31-19-8-6-17(7-9-19)10-13-24-21(30)18-11-15-27(16-12-18)22-25-26-23(32-22)28-14-4-3-5-20(28)29/h6-9,18H,2-5,10-16H2,1H3,(H,24,30). The highest BCUT2D eigenvalue weighted by Gasteiger charge is 2.28. The number of amides is 2. The van der Waals surface area contributed by atoms with E-state index in [2.05, 4.69) is 20.4 Å². The van der Waals surface area contributed by atoms with Gasteiger partial charge in [-0.15, -0.1) is 10.2 Å². The van der Waals surface area contributed by atoms with Crippen LogP contribution in [0.25, 0.3) is 0 Å². The van der Waals surface area contributed by atoms with Crippen LogP contribution < -0.4 is 19.9 Å². The molecule has 172 valence electrons. The number of hydrogen-bond donors (Lipinski definition) is 1. The Kier molecular flexibility index (Phi) is 7.57. The molecule has 2 amide bonds. The van der Waals surface area contributed by atoms with E-state index in [0.29, 0.717) is 24.7 Å². The van der Waals surface area contributed by atoms with Crippen LogP contribution in [0.3, 0.4) is 0 Å². The van der Waals surface area contributed by atoms with Crippen molar-refractivity contribution in [1.29, 1.82) is 0 Å². The van der Waals surface area contributed by atoms with Crippen molar-refractivity contribution in [3.8, 4) is 5.75 Å². The average Bonchev–Trinajstić information content (AvgIpc) is 3.31. The third kappa shape index (κ3) is 5.56. The molecule has 0 radical (unpaired) electrons. The van der Waals surface area contributed by atoms with Gasteiger partial charge in [-0.1, -0.05) is 23.5 Å². The summed E-state index contributed by atoms with van der Waals surface area (Å²) >= 11 is 1.47. The number of hydrogen-bond acceptors (Lipinski definition) is 7. The first-order valence-corrected chi connectivity index (χ1v) is 12.3. The van der Waals surface area contributed by atoms with Gasteiger partial charge in [0.15, 0.2) is 0 Å². The molecule has 2 aliphatic heterocycles. The minimum Gasteiger partial charge on any atom is -0.494 e. The fourth-order valence-corrected chi connectivity index (χ4v) is 5.12. The van der Waals surface area contributed by atoms with Crippen molar-refractivity contribution >= 4 is 33.4 Å². The maximum atomic E-state index is 12.6. The van der Waals surface area contributed by atoms with Crippen LogP contribution >= 0.6 is 11.3 Å². The molecule has 0 bridgehead atoms. The summed E-state index contributed by atoms with van der Waals surface area (Å²) in [6, 6.07) is 8.03. The Hall–Kier alpha value is -2.68. The predicted octanol–water partition coefficient (Wildman–Crippen LogP) is 3.03. The highest BCUT2D eigenvalue weighted by Crippen LogP contribution is 2.31. The third-order valence-electron chi connectivity index (χ3n) is 6.04. The lowest BCUT2D eigenvalue weighted by molar-refractivity contribution is -0.125. The molecule has 3 heterocycles. The van der Waals surface area contributed by atoms with Crippen LogP contribution in [-0.4, -0.2) is 54.8 Å². The lowest BCUT2D eigenvalue weighted by atomic mass is 9.96. The van der Waals surface area contributed by atoms with Gasteiger partial charge < -0.3 is 15.0 Å². The maximum absolute atomic E-state index is 12.6. The molecule has 8 nitrogen and oxygen atoms in total. The molecular formula is C23H31N5O3S. The van der Waals surface area contributed by atoms with E-state index >= 15 is 0 Å². The zero-order chi connectivity index (χ0) is 22.3. The van der Waals surface area contributed by atoms with E-state index in [1.54, 1.807) is 4.90 Å². The van der Waals surface area contributed by atoms with Crippen molar-refractivity contribution in [3.05, 3.63) is 29.8 Å². The minimum absolute atomic E-state index is 0.0302. The Morgan fingerprint density at radius 3 is 2.59 bits per heavy atom.